The molecule has 1 aliphatic heterocycles. The molecule has 98 valence electrons. The summed E-state index contributed by atoms with van der Waals surface area (Å²) < 4.78 is 5.52. The van der Waals surface area contributed by atoms with Crippen LogP contribution in [0.3, 0.4) is 0 Å². The third kappa shape index (κ3) is 2.64. The van der Waals surface area contributed by atoms with Crippen molar-refractivity contribution in [3.8, 4) is 5.75 Å². The zero-order valence-corrected chi connectivity index (χ0v) is 11.0. The molecule has 1 heterocycles. The van der Waals surface area contributed by atoms with Crippen molar-refractivity contribution < 1.29 is 9.53 Å². The molecule has 0 unspecified atom stereocenters. The van der Waals surface area contributed by atoms with Crippen molar-refractivity contribution in [1.82, 2.24) is 10.2 Å². The van der Waals surface area contributed by atoms with Gasteiger partial charge in [-0.25, -0.2) is 0 Å². The summed E-state index contributed by atoms with van der Waals surface area (Å²) in [5, 5.41) is 3.29. The molecule has 0 saturated carbocycles. The molecular weight excluding hydrogens is 228 g/mol. The second-order valence-electron chi connectivity index (χ2n) is 4.48. The van der Waals surface area contributed by atoms with Gasteiger partial charge in [0.15, 0.2) is 0 Å². The highest BCUT2D eigenvalue weighted by atomic mass is 16.5. The molecule has 0 spiro atoms. The Hall–Kier alpha value is -1.55. The lowest BCUT2D eigenvalue weighted by molar-refractivity contribution is 0.0651. The summed E-state index contributed by atoms with van der Waals surface area (Å²) in [7, 11) is 0. The molecule has 1 aromatic carbocycles. The summed E-state index contributed by atoms with van der Waals surface area (Å²) in [5.74, 6) is 0.740. The number of benzene rings is 1. The van der Waals surface area contributed by atoms with Crippen molar-refractivity contribution >= 4 is 5.91 Å². The van der Waals surface area contributed by atoms with Crippen LogP contribution < -0.4 is 10.1 Å². The number of hydrogen-bond donors (Lipinski definition) is 1. The Labute approximate surface area is 108 Å². The van der Waals surface area contributed by atoms with E-state index < -0.39 is 0 Å². The number of nitrogens with zero attached hydrogens (tertiary/aromatic N) is 1. The lowest BCUT2D eigenvalue weighted by Crippen LogP contribution is -2.52. The molecule has 1 fully saturated rings. The highest BCUT2D eigenvalue weighted by molar-refractivity contribution is 5.97. The number of amides is 1. The Morgan fingerprint density at radius 1 is 1.50 bits per heavy atom. The minimum atomic E-state index is 0.0630. The molecule has 4 heteroatoms. The van der Waals surface area contributed by atoms with Crippen molar-refractivity contribution in [2.24, 2.45) is 0 Å². The van der Waals surface area contributed by atoms with E-state index in [0.717, 1.165) is 19.6 Å². The number of hydrogen-bond acceptors (Lipinski definition) is 3. The lowest BCUT2D eigenvalue weighted by Gasteiger charge is -2.34. The van der Waals surface area contributed by atoms with E-state index in [1.54, 1.807) is 0 Å². The predicted octanol–water partition coefficient (Wildman–Crippen LogP) is 1.52. The quantitative estimate of drug-likeness (QED) is 0.881. The molecule has 1 N–H and O–H groups in total. The normalized spacial score (nSPS) is 19.7. The first-order valence-corrected chi connectivity index (χ1v) is 6.47. The molecule has 18 heavy (non-hydrogen) atoms. The average molecular weight is 248 g/mol. The Kier molecular flexibility index (Phi) is 4.20. The van der Waals surface area contributed by atoms with Crippen LogP contribution in [0.4, 0.5) is 0 Å². The van der Waals surface area contributed by atoms with Crippen LogP contribution in [-0.2, 0) is 0 Å². The zero-order chi connectivity index (χ0) is 13.0. The first-order chi connectivity index (χ1) is 8.74. The van der Waals surface area contributed by atoms with Gasteiger partial charge in [-0.1, -0.05) is 12.1 Å². The van der Waals surface area contributed by atoms with Crippen molar-refractivity contribution in [3.05, 3.63) is 29.8 Å². The number of ether oxygens (including phenoxy) is 1. The standard InChI is InChI=1S/C14H20N2O2/c1-3-18-13-7-5-4-6-12(13)14(17)16-9-8-15-10-11(16)2/h4-7,11,15H,3,8-10H2,1-2H3/t11-/m1/s1. The zero-order valence-electron chi connectivity index (χ0n) is 11.0. The van der Waals surface area contributed by atoms with E-state index in [0.29, 0.717) is 17.9 Å². The maximum atomic E-state index is 12.5. The summed E-state index contributed by atoms with van der Waals surface area (Å²) in [6.45, 7) is 7.01. The first kappa shape index (κ1) is 12.9. The Morgan fingerprint density at radius 2 is 2.28 bits per heavy atom. The Balaban J connectivity index is 2.22. The molecule has 1 saturated heterocycles. The average Bonchev–Trinajstić information content (AvgIpc) is 2.40. The van der Waals surface area contributed by atoms with Crippen LogP contribution in [0, 0.1) is 0 Å². The molecule has 1 amide bonds. The summed E-state index contributed by atoms with van der Waals surface area (Å²) in [6.07, 6.45) is 0. The molecule has 2 rings (SSSR count). The summed E-state index contributed by atoms with van der Waals surface area (Å²) >= 11 is 0. The Morgan fingerprint density at radius 3 is 3.00 bits per heavy atom. The van der Waals surface area contributed by atoms with Gasteiger partial charge in [-0.3, -0.25) is 4.79 Å². The van der Waals surface area contributed by atoms with Crippen molar-refractivity contribution in [2.45, 2.75) is 19.9 Å². The van der Waals surface area contributed by atoms with E-state index in [1.807, 2.05) is 36.1 Å². The molecular formula is C14H20N2O2. The van der Waals surface area contributed by atoms with Crippen molar-refractivity contribution in [2.75, 3.05) is 26.2 Å². The highest BCUT2D eigenvalue weighted by Gasteiger charge is 2.25. The van der Waals surface area contributed by atoms with Gasteiger partial charge in [-0.15, -0.1) is 0 Å². The van der Waals surface area contributed by atoms with E-state index in [4.69, 9.17) is 4.74 Å². The number of rotatable bonds is 3. The van der Waals surface area contributed by atoms with E-state index in [1.165, 1.54) is 0 Å². The summed E-state index contributed by atoms with van der Waals surface area (Å²) in [5.41, 5.74) is 0.660. The lowest BCUT2D eigenvalue weighted by atomic mass is 10.1. The topological polar surface area (TPSA) is 41.6 Å². The molecule has 0 bridgehead atoms. The number of carbonyl (C=O) groups excluding carboxylic acids is 1. The van der Waals surface area contributed by atoms with E-state index >= 15 is 0 Å². The van der Waals surface area contributed by atoms with Gasteiger partial charge in [-0.2, -0.15) is 0 Å². The van der Waals surface area contributed by atoms with Crippen molar-refractivity contribution in [1.29, 1.82) is 0 Å². The largest absolute Gasteiger partial charge is 0.493 e. The third-order valence-corrected chi connectivity index (χ3v) is 3.18. The van der Waals surface area contributed by atoms with Gasteiger partial charge in [0.05, 0.1) is 12.2 Å². The van der Waals surface area contributed by atoms with E-state index in [2.05, 4.69) is 12.2 Å². The molecule has 1 atom stereocenters. The van der Waals surface area contributed by atoms with Crippen LogP contribution in [0.5, 0.6) is 5.75 Å². The molecule has 0 radical (unpaired) electrons. The van der Waals surface area contributed by atoms with Crippen molar-refractivity contribution in [3.63, 3.8) is 0 Å². The van der Waals surface area contributed by atoms with E-state index in [9.17, 15) is 4.79 Å². The molecule has 1 aromatic rings. The predicted molar refractivity (Wildman–Crippen MR) is 71.0 cm³/mol. The Bertz CT molecular complexity index is 420. The second-order valence-corrected chi connectivity index (χ2v) is 4.48. The van der Waals surface area contributed by atoms with Gasteiger partial charge < -0.3 is 15.0 Å². The minimum absolute atomic E-state index is 0.0630. The summed E-state index contributed by atoms with van der Waals surface area (Å²) in [6, 6.07) is 7.68. The highest BCUT2D eigenvalue weighted by Crippen LogP contribution is 2.21. The SMILES string of the molecule is CCOc1ccccc1C(=O)N1CCNC[C@H]1C. The number of nitrogens with one attached hydrogen (secondary N) is 1. The van der Waals surface area contributed by atoms with Gasteiger partial charge >= 0.3 is 0 Å². The third-order valence-electron chi connectivity index (χ3n) is 3.18. The number of piperazine rings is 1. The molecule has 0 aliphatic carbocycles. The fourth-order valence-corrected chi connectivity index (χ4v) is 2.22. The first-order valence-electron chi connectivity index (χ1n) is 6.47. The fraction of sp³-hybridized carbons (Fsp3) is 0.500. The molecule has 4 nitrogen and oxygen atoms in total. The smallest absolute Gasteiger partial charge is 0.257 e. The van der Waals surface area contributed by atoms with Gasteiger partial charge in [-0.05, 0) is 26.0 Å². The minimum Gasteiger partial charge on any atom is -0.493 e. The maximum Gasteiger partial charge on any atom is 0.257 e. The monoisotopic (exact) mass is 248 g/mol. The van der Waals surface area contributed by atoms with Gasteiger partial charge in [0.2, 0.25) is 0 Å². The van der Waals surface area contributed by atoms with Gasteiger partial charge in [0.1, 0.15) is 5.75 Å². The fourth-order valence-electron chi connectivity index (χ4n) is 2.22. The summed E-state index contributed by atoms with van der Waals surface area (Å²) in [4.78, 5) is 14.4. The molecule has 1 aliphatic rings. The molecule has 0 aromatic heterocycles. The van der Waals surface area contributed by atoms with Gasteiger partial charge in [0.25, 0.3) is 5.91 Å². The van der Waals surface area contributed by atoms with E-state index in [-0.39, 0.29) is 11.9 Å². The number of carbonyl (C=O) groups is 1. The van der Waals surface area contributed by atoms with Crippen LogP contribution in [-0.4, -0.2) is 43.1 Å². The van der Waals surface area contributed by atoms with Crippen LogP contribution >= 0.6 is 0 Å². The van der Waals surface area contributed by atoms with Gasteiger partial charge in [0, 0.05) is 25.7 Å². The van der Waals surface area contributed by atoms with Crippen LogP contribution in [0.1, 0.15) is 24.2 Å². The second kappa shape index (κ2) is 5.87. The number of para-hydroxylation sites is 1. The van der Waals surface area contributed by atoms with Crippen LogP contribution in [0.15, 0.2) is 24.3 Å². The van der Waals surface area contributed by atoms with Crippen LogP contribution in [0.2, 0.25) is 0 Å². The maximum absolute atomic E-state index is 12.5. The van der Waals surface area contributed by atoms with Crippen LogP contribution in [0.25, 0.3) is 0 Å².